The molecule has 0 radical (unpaired) electrons. The number of carboxylic acids is 1. The minimum Gasteiger partial charge on any atom is -0.497 e. The third kappa shape index (κ3) is 2.03. The van der Waals surface area contributed by atoms with Crippen LogP contribution in [-0.4, -0.2) is 36.0 Å². The smallest absolute Gasteiger partial charge is 0.309 e. The molecule has 1 amide bonds. The highest BCUT2D eigenvalue weighted by molar-refractivity contribution is 5.87. The summed E-state index contributed by atoms with van der Waals surface area (Å²) in [5.41, 5.74) is 0.816. The van der Waals surface area contributed by atoms with Crippen molar-refractivity contribution in [1.29, 1.82) is 0 Å². The van der Waals surface area contributed by atoms with Crippen LogP contribution in [0.4, 0.5) is 0 Å². The summed E-state index contributed by atoms with van der Waals surface area (Å²) < 4.78 is 5.06. The van der Waals surface area contributed by atoms with Crippen molar-refractivity contribution in [2.45, 2.75) is 12.5 Å². The van der Waals surface area contributed by atoms with Gasteiger partial charge in [-0.2, -0.15) is 0 Å². The van der Waals surface area contributed by atoms with E-state index in [2.05, 4.69) is 0 Å². The minimum atomic E-state index is -0.937. The number of amides is 1. The fourth-order valence-electron chi connectivity index (χ4n) is 2.35. The van der Waals surface area contributed by atoms with Gasteiger partial charge in [-0.3, -0.25) is 9.59 Å². The van der Waals surface area contributed by atoms with Crippen LogP contribution in [0.15, 0.2) is 24.3 Å². The van der Waals surface area contributed by atoms with Crippen LogP contribution in [0.1, 0.15) is 18.0 Å². The Morgan fingerprint density at radius 3 is 2.50 bits per heavy atom. The van der Waals surface area contributed by atoms with Gasteiger partial charge in [0.05, 0.1) is 19.1 Å². The van der Waals surface area contributed by atoms with Crippen molar-refractivity contribution in [2.75, 3.05) is 14.2 Å². The van der Waals surface area contributed by atoms with Gasteiger partial charge >= 0.3 is 5.97 Å². The predicted molar refractivity (Wildman–Crippen MR) is 64.2 cm³/mol. The van der Waals surface area contributed by atoms with Crippen LogP contribution >= 0.6 is 0 Å². The number of ether oxygens (including phenoxy) is 1. The number of carbonyl (C=O) groups excluding carboxylic acids is 1. The highest BCUT2D eigenvalue weighted by atomic mass is 16.5. The molecule has 0 unspecified atom stereocenters. The zero-order valence-electron chi connectivity index (χ0n) is 10.3. The van der Waals surface area contributed by atoms with E-state index in [1.165, 1.54) is 4.90 Å². The number of likely N-dealkylation sites (tertiary alicyclic amines) is 1. The second-order valence-corrected chi connectivity index (χ2v) is 4.37. The maximum absolute atomic E-state index is 11.6. The van der Waals surface area contributed by atoms with Gasteiger partial charge in [0, 0.05) is 13.5 Å². The first-order chi connectivity index (χ1) is 8.54. The second kappa shape index (κ2) is 4.68. The lowest BCUT2D eigenvalue weighted by Gasteiger charge is -2.23. The lowest BCUT2D eigenvalue weighted by atomic mass is 9.94. The number of hydrogen-bond donors (Lipinski definition) is 1. The van der Waals surface area contributed by atoms with Crippen molar-refractivity contribution in [3.63, 3.8) is 0 Å². The molecule has 1 aliphatic heterocycles. The first-order valence-corrected chi connectivity index (χ1v) is 5.67. The highest BCUT2D eigenvalue weighted by Gasteiger charge is 2.42. The third-order valence-corrected chi connectivity index (χ3v) is 3.36. The van der Waals surface area contributed by atoms with Gasteiger partial charge in [0.15, 0.2) is 0 Å². The number of rotatable bonds is 3. The standard InChI is InChI=1S/C13H15NO4/c1-14-11(15)7-10(13(16)17)12(14)8-3-5-9(18-2)6-4-8/h3-6,10,12H,7H2,1-2H3,(H,16,17)/t10-,12+/m1/s1. The van der Waals surface area contributed by atoms with Crippen molar-refractivity contribution in [3.05, 3.63) is 29.8 Å². The molecule has 0 saturated carbocycles. The van der Waals surface area contributed by atoms with E-state index < -0.39 is 17.9 Å². The maximum atomic E-state index is 11.6. The molecule has 0 aromatic heterocycles. The fraction of sp³-hybridized carbons (Fsp3) is 0.385. The lowest BCUT2D eigenvalue weighted by molar-refractivity contribution is -0.142. The van der Waals surface area contributed by atoms with Crippen molar-refractivity contribution in [3.8, 4) is 5.75 Å². The Morgan fingerprint density at radius 1 is 1.39 bits per heavy atom. The molecule has 1 aromatic rings. The summed E-state index contributed by atoms with van der Waals surface area (Å²) in [7, 11) is 3.21. The van der Waals surface area contributed by atoms with E-state index in [1.807, 2.05) is 0 Å². The van der Waals surface area contributed by atoms with Crippen LogP contribution in [0.2, 0.25) is 0 Å². The number of carbonyl (C=O) groups is 2. The monoisotopic (exact) mass is 249 g/mol. The van der Waals surface area contributed by atoms with Gasteiger partial charge in [-0.1, -0.05) is 12.1 Å². The molecule has 1 saturated heterocycles. The molecule has 0 spiro atoms. The van der Waals surface area contributed by atoms with E-state index >= 15 is 0 Å². The van der Waals surface area contributed by atoms with E-state index in [1.54, 1.807) is 38.4 Å². The zero-order chi connectivity index (χ0) is 13.3. The topological polar surface area (TPSA) is 66.8 Å². The SMILES string of the molecule is COc1ccc([C@H]2[C@H](C(=O)O)CC(=O)N2C)cc1. The predicted octanol–water partition coefficient (Wildman–Crippen LogP) is 1.30. The molecular weight excluding hydrogens is 234 g/mol. The molecule has 1 aromatic carbocycles. The van der Waals surface area contributed by atoms with E-state index in [-0.39, 0.29) is 12.3 Å². The molecule has 2 atom stereocenters. The summed E-state index contributed by atoms with van der Waals surface area (Å²) in [6, 6.07) is 6.74. The highest BCUT2D eigenvalue weighted by Crippen LogP contribution is 2.37. The number of nitrogens with zero attached hydrogens (tertiary/aromatic N) is 1. The summed E-state index contributed by atoms with van der Waals surface area (Å²) in [5, 5.41) is 9.18. The molecule has 1 N–H and O–H groups in total. The van der Waals surface area contributed by atoms with Gasteiger partial charge in [0.1, 0.15) is 5.75 Å². The van der Waals surface area contributed by atoms with Gasteiger partial charge in [-0.15, -0.1) is 0 Å². The summed E-state index contributed by atoms with van der Waals surface area (Å²) in [5.74, 6) is -1.05. The van der Waals surface area contributed by atoms with E-state index in [4.69, 9.17) is 4.74 Å². The summed E-state index contributed by atoms with van der Waals surface area (Å²) >= 11 is 0. The molecular formula is C13H15NO4. The molecule has 1 heterocycles. The Balaban J connectivity index is 2.33. The zero-order valence-corrected chi connectivity index (χ0v) is 10.3. The third-order valence-electron chi connectivity index (χ3n) is 3.36. The number of aliphatic carboxylic acids is 1. The van der Waals surface area contributed by atoms with E-state index in [0.717, 1.165) is 5.56 Å². The van der Waals surface area contributed by atoms with Gasteiger partial charge in [-0.25, -0.2) is 0 Å². The van der Waals surface area contributed by atoms with Crippen molar-refractivity contribution < 1.29 is 19.4 Å². The number of methoxy groups -OCH3 is 1. The quantitative estimate of drug-likeness (QED) is 0.876. The Hall–Kier alpha value is -2.04. The van der Waals surface area contributed by atoms with E-state index in [0.29, 0.717) is 5.75 Å². The summed E-state index contributed by atoms with van der Waals surface area (Å²) in [6.07, 6.45) is 0.0581. The molecule has 5 nitrogen and oxygen atoms in total. The molecule has 1 aliphatic rings. The molecule has 18 heavy (non-hydrogen) atoms. The number of benzene rings is 1. The van der Waals surface area contributed by atoms with Crippen LogP contribution in [0.5, 0.6) is 5.75 Å². The van der Waals surface area contributed by atoms with Crippen molar-refractivity contribution in [2.24, 2.45) is 5.92 Å². The van der Waals surface area contributed by atoms with Gasteiger partial charge in [-0.05, 0) is 17.7 Å². The lowest BCUT2D eigenvalue weighted by Crippen LogP contribution is -2.26. The molecule has 1 fully saturated rings. The van der Waals surface area contributed by atoms with Crippen LogP contribution in [0.3, 0.4) is 0 Å². The normalized spacial score (nSPS) is 23.2. The number of hydrogen-bond acceptors (Lipinski definition) is 3. The molecule has 2 rings (SSSR count). The van der Waals surface area contributed by atoms with Crippen LogP contribution in [-0.2, 0) is 9.59 Å². The van der Waals surface area contributed by atoms with Crippen molar-refractivity contribution >= 4 is 11.9 Å². The number of carboxylic acid groups (broad SMARTS) is 1. The van der Waals surface area contributed by atoms with E-state index in [9.17, 15) is 14.7 Å². The maximum Gasteiger partial charge on any atom is 0.309 e. The average Bonchev–Trinajstić information content (AvgIpc) is 2.66. The van der Waals surface area contributed by atoms with Crippen LogP contribution < -0.4 is 4.74 Å². The van der Waals surface area contributed by atoms with Gasteiger partial charge in [0.2, 0.25) is 5.91 Å². The Labute approximate surface area is 105 Å². The first kappa shape index (κ1) is 12.4. The summed E-state index contributed by atoms with van der Waals surface area (Å²) in [4.78, 5) is 24.3. The molecule has 0 aliphatic carbocycles. The Bertz CT molecular complexity index is 468. The largest absolute Gasteiger partial charge is 0.497 e. The molecule has 0 bridgehead atoms. The molecule has 96 valence electrons. The minimum absolute atomic E-state index is 0.0581. The van der Waals surface area contributed by atoms with Crippen LogP contribution in [0.25, 0.3) is 0 Å². The van der Waals surface area contributed by atoms with Crippen molar-refractivity contribution in [1.82, 2.24) is 4.90 Å². The average molecular weight is 249 g/mol. The first-order valence-electron chi connectivity index (χ1n) is 5.67. The molecule has 5 heteroatoms. The van der Waals surface area contributed by atoms with Gasteiger partial charge < -0.3 is 14.7 Å². The van der Waals surface area contributed by atoms with Gasteiger partial charge in [0.25, 0.3) is 0 Å². The second-order valence-electron chi connectivity index (χ2n) is 4.37. The Morgan fingerprint density at radius 2 is 2.00 bits per heavy atom. The fourth-order valence-corrected chi connectivity index (χ4v) is 2.35. The van der Waals surface area contributed by atoms with Crippen LogP contribution in [0, 0.1) is 5.92 Å². The Kier molecular flexibility index (Phi) is 3.23. The summed E-state index contributed by atoms with van der Waals surface area (Å²) in [6.45, 7) is 0.